The molecule has 2 unspecified atom stereocenters. The molecule has 2 saturated heterocycles. The number of amides is 1. The molecule has 2 fully saturated rings. The van der Waals surface area contributed by atoms with Gasteiger partial charge in [-0.25, -0.2) is 4.79 Å². The Morgan fingerprint density at radius 1 is 1.16 bits per heavy atom. The molecule has 16 nitrogen and oxygen atoms in total. The van der Waals surface area contributed by atoms with Gasteiger partial charge < -0.3 is 49.4 Å². The zero-order valence-electron chi connectivity index (χ0n) is 20.6. The summed E-state index contributed by atoms with van der Waals surface area (Å²) in [4.78, 5) is 64.1. The monoisotopic (exact) mass is 594 g/mol. The van der Waals surface area contributed by atoms with Crippen LogP contribution in [-0.2, 0) is 27.7 Å². The van der Waals surface area contributed by atoms with Crippen LogP contribution < -0.4 is 115 Å². The fourth-order valence-electron chi connectivity index (χ4n) is 3.54. The van der Waals surface area contributed by atoms with Gasteiger partial charge in [0.2, 0.25) is 0 Å². The summed E-state index contributed by atoms with van der Waals surface area (Å²) in [5.41, 5.74) is 4.46. The summed E-state index contributed by atoms with van der Waals surface area (Å²) in [5.74, 6) is -4.29. The molecule has 0 spiro atoms. The molecule has 192 valence electrons. The minimum absolute atomic E-state index is 0. The van der Waals surface area contributed by atoms with Crippen molar-refractivity contribution in [3.63, 3.8) is 0 Å². The van der Waals surface area contributed by atoms with Gasteiger partial charge in [-0.05, 0) is 32.9 Å². The van der Waals surface area contributed by atoms with Crippen LogP contribution in [-0.4, -0.2) is 74.4 Å². The zero-order valence-corrected chi connectivity index (χ0v) is 28.4. The standard InChI is InChI=1S/C16H26N4O12P2.3Na/c17-10-4-7-20(16(24)18-10)14-12(22)11(21)9(31-14)8-30-34(28,29)32-15(33(25,26)27)13(23)19-5-2-1-3-6-19;;;/h4,7,9,11-12,14-15,21-22H,1-3,5-6,8H2,(H,28,29)(H2,17,18,24)(H2,25,26,27);;;/q;3*+1/p-3/t9-,11-,12-,14-,15?;;;/m1.../s1. The van der Waals surface area contributed by atoms with Gasteiger partial charge in [-0.1, -0.05) is 0 Å². The van der Waals surface area contributed by atoms with Crippen LogP contribution in [0.3, 0.4) is 0 Å². The molecule has 1 amide bonds. The number of carbonyl (C=O) groups excluding carboxylic acids is 1. The normalized spacial score (nSPS) is 26.1. The quantitative estimate of drug-likeness (QED) is 0.187. The summed E-state index contributed by atoms with van der Waals surface area (Å²) < 4.78 is 38.7. The average molecular weight is 594 g/mol. The van der Waals surface area contributed by atoms with Gasteiger partial charge in [0.05, 0.1) is 6.61 Å². The summed E-state index contributed by atoms with van der Waals surface area (Å²) >= 11 is 0. The van der Waals surface area contributed by atoms with Gasteiger partial charge in [-0.15, -0.1) is 0 Å². The number of nitrogens with two attached hydrogens (primary N) is 1. The number of aliphatic hydroxyl groups excluding tert-OH is 2. The van der Waals surface area contributed by atoms with Crippen LogP contribution >= 0.6 is 15.4 Å². The number of hydrogen-bond donors (Lipinski definition) is 3. The first kappa shape index (κ1) is 38.3. The van der Waals surface area contributed by atoms with Crippen LogP contribution in [0.1, 0.15) is 25.5 Å². The summed E-state index contributed by atoms with van der Waals surface area (Å²) in [6.07, 6.45) is -3.47. The molecule has 3 rings (SSSR count). The minimum Gasteiger partial charge on any atom is -0.809 e. The number of phosphoric acid groups is 1. The predicted molar refractivity (Wildman–Crippen MR) is 105 cm³/mol. The number of hydrogen-bond acceptors (Lipinski definition) is 14. The maximum Gasteiger partial charge on any atom is 1.00 e. The molecule has 6 atom stereocenters. The van der Waals surface area contributed by atoms with E-state index in [4.69, 9.17) is 10.5 Å². The molecule has 0 bridgehead atoms. The molecule has 0 aromatic carbocycles. The molecule has 0 saturated carbocycles. The number of aliphatic hydroxyl groups is 2. The smallest absolute Gasteiger partial charge is 0.809 e. The Morgan fingerprint density at radius 3 is 2.30 bits per heavy atom. The molecule has 4 N–H and O–H groups in total. The molecule has 2 aliphatic heterocycles. The van der Waals surface area contributed by atoms with Crippen molar-refractivity contribution >= 4 is 27.1 Å². The van der Waals surface area contributed by atoms with Crippen molar-refractivity contribution in [2.75, 3.05) is 25.4 Å². The van der Waals surface area contributed by atoms with Crippen molar-refractivity contribution in [1.29, 1.82) is 0 Å². The molecule has 3 heterocycles. The average Bonchev–Trinajstić information content (AvgIpc) is 3.04. The van der Waals surface area contributed by atoms with Gasteiger partial charge in [-0.2, -0.15) is 4.98 Å². The number of piperidine rings is 1. The summed E-state index contributed by atoms with van der Waals surface area (Å²) in [5, 5.41) is 20.3. The molecule has 21 heteroatoms. The Kier molecular flexibility index (Phi) is 16.6. The first-order valence-electron chi connectivity index (χ1n) is 10.1. The maximum atomic E-state index is 12.4. The van der Waals surface area contributed by atoms with E-state index in [1.54, 1.807) is 0 Å². The van der Waals surface area contributed by atoms with Crippen molar-refractivity contribution in [1.82, 2.24) is 14.5 Å². The molecule has 0 radical (unpaired) electrons. The molecule has 1 aromatic rings. The van der Waals surface area contributed by atoms with Crippen molar-refractivity contribution < 1.29 is 141 Å². The summed E-state index contributed by atoms with van der Waals surface area (Å²) in [6, 6.07) is 1.22. The van der Waals surface area contributed by atoms with Crippen molar-refractivity contribution in [2.45, 2.75) is 49.6 Å². The van der Waals surface area contributed by atoms with Crippen molar-refractivity contribution in [2.24, 2.45) is 0 Å². The third-order valence-corrected chi connectivity index (χ3v) is 7.26. The van der Waals surface area contributed by atoms with Crippen LogP contribution in [0.4, 0.5) is 5.82 Å². The molecule has 1 aromatic heterocycles. The number of rotatable bonds is 8. The topological polar surface area (TPSA) is 253 Å². The summed E-state index contributed by atoms with van der Waals surface area (Å²) in [7, 11) is -11.5. The van der Waals surface area contributed by atoms with Crippen LogP contribution in [0.2, 0.25) is 0 Å². The van der Waals surface area contributed by atoms with Gasteiger partial charge in [0, 0.05) is 19.3 Å². The first-order valence-corrected chi connectivity index (χ1v) is 13.2. The Labute approximate surface area is 277 Å². The second-order valence-corrected chi connectivity index (χ2v) is 10.6. The van der Waals surface area contributed by atoms with E-state index < -0.39 is 64.0 Å². The Morgan fingerprint density at radius 2 is 1.76 bits per heavy atom. The number of ether oxygens (including phenoxy) is 1. The van der Waals surface area contributed by atoms with Gasteiger partial charge in [0.15, 0.2) is 12.1 Å². The van der Waals surface area contributed by atoms with E-state index >= 15 is 0 Å². The van der Waals surface area contributed by atoms with Gasteiger partial charge in [0.1, 0.15) is 24.1 Å². The number of likely N-dealkylation sites (tertiary alicyclic amines) is 1. The van der Waals surface area contributed by atoms with Crippen LogP contribution in [0.25, 0.3) is 0 Å². The van der Waals surface area contributed by atoms with Crippen molar-refractivity contribution in [3.8, 4) is 0 Å². The molecule has 37 heavy (non-hydrogen) atoms. The van der Waals surface area contributed by atoms with Crippen molar-refractivity contribution in [3.05, 3.63) is 22.7 Å². The number of nitrogen functional groups attached to an aromatic ring is 1. The van der Waals surface area contributed by atoms with E-state index in [0.29, 0.717) is 12.8 Å². The van der Waals surface area contributed by atoms with E-state index in [1.807, 2.05) is 0 Å². The third kappa shape index (κ3) is 10.3. The van der Waals surface area contributed by atoms with Crippen LogP contribution in [0.5, 0.6) is 0 Å². The Bertz CT molecular complexity index is 1060. The summed E-state index contributed by atoms with van der Waals surface area (Å²) in [6.45, 7) is -0.744. The Hall–Kier alpha value is 1.29. The SMILES string of the molecule is Nc1ccn([C@@H]2O[C@H](COP(=O)([O-])OC(C(=O)N3CCCCC3)P(=O)([O-])[O-])[C@@H](O)[C@H]2O)c(=O)n1.[Na+].[Na+].[Na+]. The first-order chi connectivity index (χ1) is 15.8. The number of anilines is 1. The second-order valence-electron chi connectivity index (χ2n) is 7.72. The zero-order chi connectivity index (χ0) is 25.3. The Balaban J connectivity index is 0.00000432. The van der Waals surface area contributed by atoms with E-state index in [-0.39, 0.29) is 108 Å². The molecular weight excluding hydrogens is 571 g/mol. The van der Waals surface area contributed by atoms with Crippen LogP contribution in [0, 0.1) is 0 Å². The number of carbonyl (C=O) groups is 1. The van der Waals surface area contributed by atoms with Gasteiger partial charge in [0.25, 0.3) is 13.7 Å². The van der Waals surface area contributed by atoms with Crippen LogP contribution in [0.15, 0.2) is 17.1 Å². The molecular formula is C16H23N4Na3O12P2. The predicted octanol–water partition coefficient (Wildman–Crippen LogP) is -12.8. The minimum atomic E-state index is -5.87. The van der Waals surface area contributed by atoms with Gasteiger partial charge >= 0.3 is 94.4 Å². The third-order valence-electron chi connectivity index (χ3n) is 5.25. The van der Waals surface area contributed by atoms with Gasteiger partial charge in [-0.3, -0.25) is 18.5 Å². The number of aromatic nitrogens is 2. The number of phosphoric ester groups is 1. The number of nitrogens with zero attached hydrogens (tertiary/aromatic N) is 3. The molecule has 0 aliphatic carbocycles. The van der Waals surface area contributed by atoms with E-state index in [2.05, 4.69) is 14.0 Å². The molecule has 2 aliphatic rings. The van der Waals surface area contributed by atoms with E-state index in [1.165, 1.54) is 6.07 Å². The fourth-order valence-corrected chi connectivity index (χ4v) is 5.51. The van der Waals surface area contributed by atoms with E-state index in [9.17, 15) is 43.6 Å². The fraction of sp³-hybridized carbons (Fsp3) is 0.688. The van der Waals surface area contributed by atoms with E-state index in [0.717, 1.165) is 22.1 Å². The second kappa shape index (κ2) is 16.1. The largest absolute Gasteiger partial charge is 1.00 e. The maximum absolute atomic E-state index is 12.4.